The van der Waals surface area contributed by atoms with Crippen LogP contribution in [0.4, 0.5) is 23.2 Å². The molecule has 2 aromatic carbocycles. The van der Waals surface area contributed by atoms with Crippen molar-refractivity contribution in [1.29, 1.82) is 0 Å². The van der Waals surface area contributed by atoms with Gasteiger partial charge in [0.1, 0.15) is 5.82 Å². The van der Waals surface area contributed by atoms with Crippen LogP contribution in [-0.4, -0.2) is 37.0 Å². The van der Waals surface area contributed by atoms with E-state index in [9.17, 15) is 22.4 Å². The van der Waals surface area contributed by atoms with E-state index in [4.69, 9.17) is 11.6 Å². The minimum Gasteiger partial charge on any atom is -0.367 e. The van der Waals surface area contributed by atoms with Crippen LogP contribution in [0.25, 0.3) is 0 Å². The summed E-state index contributed by atoms with van der Waals surface area (Å²) in [6, 6.07) is 9.72. The summed E-state index contributed by atoms with van der Waals surface area (Å²) in [5.41, 5.74) is 0.269. The van der Waals surface area contributed by atoms with Gasteiger partial charge < -0.3 is 9.80 Å². The normalized spacial score (nSPS) is 22.0. The zero-order valence-corrected chi connectivity index (χ0v) is 16.2. The molecule has 154 valence electrons. The molecule has 1 saturated heterocycles. The highest BCUT2D eigenvalue weighted by Crippen LogP contribution is 2.48. The predicted molar refractivity (Wildman–Crippen MR) is 102 cm³/mol. The van der Waals surface area contributed by atoms with Crippen molar-refractivity contribution in [3.05, 3.63) is 64.4 Å². The molecular formula is C21H19ClF4N2O. The second kappa shape index (κ2) is 7.52. The summed E-state index contributed by atoms with van der Waals surface area (Å²) in [5, 5.41) is 0.242. The van der Waals surface area contributed by atoms with Crippen molar-refractivity contribution in [2.75, 3.05) is 31.1 Å². The zero-order chi connectivity index (χ0) is 20.8. The number of anilines is 1. The molecule has 0 bridgehead atoms. The van der Waals surface area contributed by atoms with Crippen LogP contribution in [0.2, 0.25) is 5.02 Å². The average molecular weight is 427 g/mol. The van der Waals surface area contributed by atoms with Crippen molar-refractivity contribution in [2.45, 2.75) is 18.5 Å². The highest BCUT2D eigenvalue weighted by molar-refractivity contribution is 6.30. The van der Waals surface area contributed by atoms with Gasteiger partial charge in [0.15, 0.2) is 0 Å². The SMILES string of the molecule is O=C(C1CC1c1ccc(F)cc1)N1CCN(c2cc(Cl)ccc2C(F)(F)F)CC1. The van der Waals surface area contributed by atoms with Gasteiger partial charge in [0.25, 0.3) is 0 Å². The van der Waals surface area contributed by atoms with E-state index in [1.807, 2.05) is 0 Å². The van der Waals surface area contributed by atoms with Crippen molar-refractivity contribution in [3.8, 4) is 0 Å². The number of carbonyl (C=O) groups is 1. The van der Waals surface area contributed by atoms with Gasteiger partial charge in [-0.15, -0.1) is 0 Å². The lowest BCUT2D eigenvalue weighted by molar-refractivity contribution is -0.137. The third-order valence-corrected chi connectivity index (χ3v) is 5.84. The number of rotatable bonds is 3. The average Bonchev–Trinajstić information content (AvgIpc) is 3.48. The molecule has 1 aliphatic heterocycles. The maximum atomic E-state index is 13.3. The first-order chi connectivity index (χ1) is 13.7. The van der Waals surface area contributed by atoms with Crippen molar-refractivity contribution in [2.24, 2.45) is 5.92 Å². The van der Waals surface area contributed by atoms with Gasteiger partial charge in [-0.1, -0.05) is 23.7 Å². The van der Waals surface area contributed by atoms with Crippen LogP contribution in [0.5, 0.6) is 0 Å². The molecular weight excluding hydrogens is 408 g/mol. The van der Waals surface area contributed by atoms with Crippen molar-refractivity contribution in [3.63, 3.8) is 0 Å². The van der Waals surface area contributed by atoms with Crippen LogP contribution in [0.15, 0.2) is 42.5 Å². The van der Waals surface area contributed by atoms with E-state index in [-0.39, 0.29) is 34.3 Å². The van der Waals surface area contributed by atoms with Crippen molar-refractivity contribution in [1.82, 2.24) is 4.90 Å². The molecule has 0 N–H and O–H groups in total. The van der Waals surface area contributed by atoms with Crippen LogP contribution in [0.1, 0.15) is 23.5 Å². The monoisotopic (exact) mass is 426 g/mol. The maximum Gasteiger partial charge on any atom is 0.418 e. The van der Waals surface area contributed by atoms with E-state index in [2.05, 4.69) is 0 Å². The van der Waals surface area contributed by atoms with E-state index in [1.165, 1.54) is 24.3 Å². The van der Waals surface area contributed by atoms with E-state index in [0.29, 0.717) is 26.2 Å². The summed E-state index contributed by atoms with van der Waals surface area (Å²) in [5.74, 6) is -0.344. The fourth-order valence-electron chi connectivity index (χ4n) is 3.95. The van der Waals surface area contributed by atoms with Gasteiger partial charge in [-0.3, -0.25) is 4.79 Å². The lowest BCUT2D eigenvalue weighted by Gasteiger charge is -2.37. The fraction of sp³-hybridized carbons (Fsp3) is 0.381. The Morgan fingerprint density at radius 2 is 1.66 bits per heavy atom. The first-order valence-electron chi connectivity index (χ1n) is 9.40. The summed E-state index contributed by atoms with van der Waals surface area (Å²) in [7, 11) is 0. The van der Waals surface area contributed by atoms with Gasteiger partial charge in [-0.05, 0) is 48.2 Å². The lowest BCUT2D eigenvalue weighted by Crippen LogP contribution is -2.49. The number of hydrogen-bond donors (Lipinski definition) is 0. The van der Waals surface area contributed by atoms with Gasteiger partial charge in [0.05, 0.1) is 11.3 Å². The molecule has 2 unspecified atom stereocenters. The van der Waals surface area contributed by atoms with Crippen LogP contribution in [0.3, 0.4) is 0 Å². The van der Waals surface area contributed by atoms with E-state index in [1.54, 1.807) is 21.9 Å². The minimum absolute atomic E-state index is 0.0149. The van der Waals surface area contributed by atoms with Gasteiger partial charge in [-0.25, -0.2) is 4.39 Å². The molecule has 1 heterocycles. The smallest absolute Gasteiger partial charge is 0.367 e. The minimum atomic E-state index is -4.47. The molecule has 0 radical (unpaired) electrons. The molecule has 2 fully saturated rings. The molecule has 3 nitrogen and oxygen atoms in total. The Morgan fingerprint density at radius 1 is 1.00 bits per heavy atom. The molecule has 2 aromatic rings. The fourth-order valence-corrected chi connectivity index (χ4v) is 4.12. The van der Waals surface area contributed by atoms with E-state index < -0.39 is 11.7 Å². The number of piperazine rings is 1. The number of amides is 1. The molecule has 1 amide bonds. The van der Waals surface area contributed by atoms with Crippen LogP contribution in [0, 0.1) is 11.7 Å². The molecule has 4 rings (SSSR count). The summed E-state index contributed by atoms with van der Waals surface area (Å²) in [6.07, 6.45) is -3.75. The molecule has 1 aliphatic carbocycles. The summed E-state index contributed by atoms with van der Waals surface area (Å²) < 4.78 is 53.0. The predicted octanol–water partition coefficient (Wildman–Crippen LogP) is 4.95. The molecule has 8 heteroatoms. The van der Waals surface area contributed by atoms with Gasteiger partial charge in [0, 0.05) is 37.1 Å². The Balaban J connectivity index is 1.40. The zero-order valence-electron chi connectivity index (χ0n) is 15.4. The Hall–Kier alpha value is -2.28. The summed E-state index contributed by atoms with van der Waals surface area (Å²) >= 11 is 5.92. The second-order valence-electron chi connectivity index (χ2n) is 7.47. The molecule has 0 spiro atoms. The number of halogens is 5. The third-order valence-electron chi connectivity index (χ3n) is 5.60. The topological polar surface area (TPSA) is 23.6 Å². The van der Waals surface area contributed by atoms with Crippen LogP contribution < -0.4 is 4.90 Å². The summed E-state index contributed by atoms with van der Waals surface area (Å²) in [4.78, 5) is 16.1. The van der Waals surface area contributed by atoms with E-state index in [0.717, 1.165) is 18.1 Å². The number of alkyl halides is 3. The second-order valence-corrected chi connectivity index (χ2v) is 7.91. The number of nitrogens with zero attached hydrogens (tertiary/aromatic N) is 2. The number of hydrogen-bond acceptors (Lipinski definition) is 2. The Bertz CT molecular complexity index is 908. The Kier molecular flexibility index (Phi) is 5.19. The maximum absolute atomic E-state index is 13.3. The van der Waals surface area contributed by atoms with Gasteiger partial charge in [-0.2, -0.15) is 13.2 Å². The molecule has 2 aliphatic rings. The lowest BCUT2D eigenvalue weighted by atomic mass is 10.1. The first kappa shape index (κ1) is 20.0. The first-order valence-corrected chi connectivity index (χ1v) is 9.78. The summed E-state index contributed by atoms with van der Waals surface area (Å²) in [6.45, 7) is 1.33. The quantitative estimate of drug-likeness (QED) is 0.648. The largest absolute Gasteiger partial charge is 0.418 e. The highest BCUT2D eigenvalue weighted by Gasteiger charge is 2.46. The highest BCUT2D eigenvalue weighted by atomic mass is 35.5. The van der Waals surface area contributed by atoms with Crippen LogP contribution >= 0.6 is 11.6 Å². The Morgan fingerprint density at radius 3 is 2.28 bits per heavy atom. The number of carbonyl (C=O) groups excluding carboxylic acids is 1. The Labute approximate surface area is 170 Å². The van der Waals surface area contributed by atoms with Crippen LogP contribution in [-0.2, 0) is 11.0 Å². The van der Waals surface area contributed by atoms with Crippen molar-refractivity contribution < 1.29 is 22.4 Å². The van der Waals surface area contributed by atoms with E-state index >= 15 is 0 Å². The molecule has 29 heavy (non-hydrogen) atoms. The van der Waals surface area contributed by atoms with Gasteiger partial charge >= 0.3 is 6.18 Å². The van der Waals surface area contributed by atoms with Gasteiger partial charge in [0.2, 0.25) is 5.91 Å². The molecule has 1 saturated carbocycles. The van der Waals surface area contributed by atoms with Crippen molar-refractivity contribution >= 4 is 23.2 Å². The third kappa shape index (κ3) is 4.20. The molecule has 0 aromatic heterocycles. The number of benzene rings is 2. The molecule has 2 atom stereocenters. The standard InChI is InChI=1S/C21H19ClF4N2O/c22-14-3-6-18(21(24,25)26)19(11-14)27-7-9-28(10-8-27)20(29)17-12-16(17)13-1-4-15(23)5-2-13/h1-6,11,16-17H,7-10,12H2.